The van der Waals surface area contributed by atoms with Crippen molar-refractivity contribution in [1.29, 1.82) is 0 Å². The maximum Gasteiger partial charge on any atom is 0.260 e. The van der Waals surface area contributed by atoms with Gasteiger partial charge in [-0.25, -0.2) is 13.4 Å². The minimum absolute atomic E-state index is 0.169. The molecule has 0 atom stereocenters. The lowest BCUT2D eigenvalue weighted by Gasteiger charge is -2.19. The molecule has 1 aromatic heterocycles. The van der Waals surface area contributed by atoms with Crippen molar-refractivity contribution in [3.05, 3.63) is 53.1 Å². The van der Waals surface area contributed by atoms with Crippen molar-refractivity contribution in [3.63, 3.8) is 0 Å². The van der Waals surface area contributed by atoms with E-state index in [0.717, 1.165) is 44.2 Å². The highest BCUT2D eigenvalue weighted by atomic mass is 32.2. The number of rotatable bonds is 6. The van der Waals surface area contributed by atoms with Crippen molar-refractivity contribution in [3.8, 4) is 0 Å². The monoisotopic (exact) mass is 431 g/mol. The summed E-state index contributed by atoms with van der Waals surface area (Å²) in [7, 11) is -3.57. The van der Waals surface area contributed by atoms with Crippen molar-refractivity contribution in [1.82, 2.24) is 9.29 Å². The van der Waals surface area contributed by atoms with Crippen molar-refractivity contribution in [2.75, 3.05) is 24.5 Å². The summed E-state index contributed by atoms with van der Waals surface area (Å²) in [6, 6.07) is 6.34. The largest absolute Gasteiger partial charge is 0.280 e. The summed E-state index contributed by atoms with van der Waals surface area (Å²) in [4.78, 5) is 21.0. The van der Waals surface area contributed by atoms with E-state index in [1.807, 2.05) is 0 Å². The number of sulfonamides is 1. The zero-order chi connectivity index (χ0) is 20.4. The van der Waals surface area contributed by atoms with Crippen LogP contribution in [0.3, 0.4) is 0 Å². The van der Waals surface area contributed by atoms with E-state index in [2.05, 4.69) is 6.58 Å². The van der Waals surface area contributed by atoms with Crippen molar-refractivity contribution in [2.45, 2.75) is 43.4 Å². The van der Waals surface area contributed by atoms with Gasteiger partial charge < -0.3 is 0 Å². The van der Waals surface area contributed by atoms with Gasteiger partial charge in [-0.05, 0) is 56.7 Å². The predicted molar refractivity (Wildman–Crippen MR) is 115 cm³/mol. The van der Waals surface area contributed by atoms with Crippen LogP contribution >= 0.6 is 11.3 Å². The zero-order valence-corrected chi connectivity index (χ0v) is 18.0. The first-order chi connectivity index (χ1) is 14.0. The molecule has 0 bridgehead atoms. The Labute approximate surface area is 175 Å². The third-order valence-electron chi connectivity index (χ3n) is 5.41. The second kappa shape index (κ2) is 8.38. The summed E-state index contributed by atoms with van der Waals surface area (Å²) < 4.78 is 27.3. The number of hydrogen-bond acceptors (Lipinski definition) is 5. The number of thiazole rings is 1. The molecule has 154 valence electrons. The lowest BCUT2D eigenvalue weighted by Crippen LogP contribution is -2.32. The summed E-state index contributed by atoms with van der Waals surface area (Å²) >= 11 is 1.56. The molecule has 0 unspecified atom stereocenters. The molecular formula is C21H25N3O3S2. The minimum Gasteiger partial charge on any atom is -0.280 e. The van der Waals surface area contributed by atoms with Crippen LogP contribution < -0.4 is 4.90 Å². The number of nitrogens with zero attached hydrogens (tertiary/aromatic N) is 3. The fourth-order valence-electron chi connectivity index (χ4n) is 3.85. The van der Waals surface area contributed by atoms with E-state index in [1.165, 1.54) is 15.2 Å². The summed E-state index contributed by atoms with van der Waals surface area (Å²) in [6.07, 6.45) is 7.66. The molecule has 1 fully saturated rings. The van der Waals surface area contributed by atoms with Crippen LogP contribution in [0.2, 0.25) is 0 Å². The third kappa shape index (κ3) is 4.01. The van der Waals surface area contributed by atoms with Gasteiger partial charge in [0.1, 0.15) is 0 Å². The van der Waals surface area contributed by atoms with Crippen LogP contribution in [0.25, 0.3) is 0 Å². The van der Waals surface area contributed by atoms with E-state index in [1.54, 1.807) is 40.5 Å². The molecule has 0 saturated carbocycles. The van der Waals surface area contributed by atoms with Gasteiger partial charge in [0.05, 0.1) is 10.6 Å². The number of aryl methyl sites for hydroxylation is 2. The van der Waals surface area contributed by atoms with E-state index in [-0.39, 0.29) is 10.8 Å². The molecule has 4 rings (SSSR count). The van der Waals surface area contributed by atoms with E-state index in [0.29, 0.717) is 30.3 Å². The van der Waals surface area contributed by atoms with Gasteiger partial charge in [-0.2, -0.15) is 4.31 Å². The Morgan fingerprint density at radius 2 is 1.97 bits per heavy atom. The van der Waals surface area contributed by atoms with Crippen LogP contribution in [0.15, 0.2) is 41.8 Å². The Kier molecular flexibility index (Phi) is 5.85. The van der Waals surface area contributed by atoms with Crippen molar-refractivity contribution in [2.24, 2.45) is 0 Å². The first kappa shape index (κ1) is 20.3. The second-order valence-corrected chi connectivity index (χ2v) is 10.4. The summed E-state index contributed by atoms with van der Waals surface area (Å²) in [5.74, 6) is -0.255. The number of amides is 1. The molecule has 1 aliphatic heterocycles. The molecule has 2 aliphatic rings. The first-order valence-corrected chi connectivity index (χ1v) is 12.3. The number of anilines is 1. The fourth-order valence-corrected chi connectivity index (χ4v) is 6.57. The fraction of sp³-hybridized carbons (Fsp3) is 0.429. The van der Waals surface area contributed by atoms with Gasteiger partial charge in [0.15, 0.2) is 5.13 Å². The lowest BCUT2D eigenvalue weighted by atomic mass is 10.0. The van der Waals surface area contributed by atoms with Crippen LogP contribution in [-0.4, -0.2) is 43.2 Å². The van der Waals surface area contributed by atoms with Crippen LogP contribution in [0.4, 0.5) is 5.13 Å². The van der Waals surface area contributed by atoms with Gasteiger partial charge in [-0.1, -0.05) is 12.1 Å². The number of aromatic nitrogens is 1. The number of carbonyl (C=O) groups is 1. The standard InChI is InChI=1S/C21H25N3O3S2/c1-2-12-24(21-22-18-10-3-4-11-19(18)28-21)20(25)16-8-7-9-17(15-16)29(26,27)23-13-5-6-14-23/h2,7-9,15H,1,3-6,10-14H2. The quantitative estimate of drug-likeness (QED) is 0.655. The summed E-state index contributed by atoms with van der Waals surface area (Å²) in [6.45, 7) is 5.17. The highest BCUT2D eigenvalue weighted by Gasteiger charge is 2.29. The maximum atomic E-state index is 13.3. The van der Waals surface area contributed by atoms with E-state index >= 15 is 0 Å². The Morgan fingerprint density at radius 3 is 2.69 bits per heavy atom. The number of carbonyl (C=O) groups excluding carboxylic acids is 1. The third-order valence-corrected chi connectivity index (χ3v) is 8.48. The normalized spacial score (nSPS) is 17.1. The molecule has 1 aliphatic carbocycles. The van der Waals surface area contributed by atoms with Crippen LogP contribution in [0, 0.1) is 0 Å². The minimum atomic E-state index is -3.57. The molecule has 8 heteroatoms. The second-order valence-electron chi connectivity index (χ2n) is 7.42. The molecule has 1 aromatic carbocycles. The summed E-state index contributed by atoms with van der Waals surface area (Å²) in [5, 5.41) is 0.662. The molecule has 29 heavy (non-hydrogen) atoms. The molecule has 0 radical (unpaired) electrons. The van der Waals surface area contributed by atoms with Crippen LogP contribution in [0.5, 0.6) is 0 Å². The SMILES string of the molecule is C=CCN(C(=O)c1cccc(S(=O)(=O)N2CCCC2)c1)c1nc2c(s1)CCCC2. The summed E-state index contributed by atoms with van der Waals surface area (Å²) in [5.41, 5.74) is 1.43. The highest BCUT2D eigenvalue weighted by Crippen LogP contribution is 2.32. The number of benzene rings is 1. The molecule has 2 heterocycles. The average Bonchev–Trinajstić information content (AvgIpc) is 3.41. The van der Waals surface area contributed by atoms with Crippen molar-refractivity contribution >= 4 is 32.4 Å². The first-order valence-electron chi connectivity index (χ1n) is 10.0. The molecule has 0 spiro atoms. The molecule has 1 amide bonds. The van der Waals surface area contributed by atoms with Gasteiger partial charge in [0.25, 0.3) is 5.91 Å². The Hall–Kier alpha value is -2.03. The van der Waals surface area contributed by atoms with Gasteiger partial charge in [-0.15, -0.1) is 17.9 Å². The molecule has 6 nitrogen and oxygen atoms in total. The average molecular weight is 432 g/mol. The van der Waals surface area contributed by atoms with Gasteiger partial charge in [0, 0.05) is 30.1 Å². The van der Waals surface area contributed by atoms with Gasteiger partial charge in [0.2, 0.25) is 10.0 Å². The van der Waals surface area contributed by atoms with Gasteiger partial charge in [-0.3, -0.25) is 9.69 Å². The van der Waals surface area contributed by atoms with Crippen LogP contribution in [0.1, 0.15) is 46.6 Å². The van der Waals surface area contributed by atoms with Gasteiger partial charge >= 0.3 is 0 Å². The number of fused-ring (bicyclic) bond motifs is 1. The Morgan fingerprint density at radius 1 is 1.21 bits per heavy atom. The molecule has 2 aromatic rings. The zero-order valence-electron chi connectivity index (χ0n) is 16.3. The predicted octanol–water partition coefficient (Wildman–Crippen LogP) is 3.64. The van der Waals surface area contributed by atoms with E-state index in [4.69, 9.17) is 4.98 Å². The Bertz CT molecular complexity index is 1000. The number of hydrogen-bond donors (Lipinski definition) is 0. The van der Waals surface area contributed by atoms with Crippen molar-refractivity contribution < 1.29 is 13.2 Å². The van der Waals surface area contributed by atoms with E-state index in [9.17, 15) is 13.2 Å². The molecular weight excluding hydrogens is 406 g/mol. The van der Waals surface area contributed by atoms with Crippen LogP contribution in [-0.2, 0) is 22.9 Å². The smallest absolute Gasteiger partial charge is 0.260 e. The lowest BCUT2D eigenvalue weighted by molar-refractivity contribution is 0.0989. The maximum absolute atomic E-state index is 13.3. The van der Waals surface area contributed by atoms with E-state index < -0.39 is 10.0 Å². The Balaban J connectivity index is 1.65. The molecule has 1 saturated heterocycles. The molecule has 0 N–H and O–H groups in total. The highest BCUT2D eigenvalue weighted by molar-refractivity contribution is 7.89. The topological polar surface area (TPSA) is 70.6 Å².